The van der Waals surface area contributed by atoms with Crippen molar-refractivity contribution in [3.63, 3.8) is 0 Å². The van der Waals surface area contributed by atoms with Crippen LogP contribution in [0.25, 0.3) is 44.1 Å². The van der Waals surface area contributed by atoms with Crippen LogP contribution in [0.4, 0.5) is 4.39 Å². The number of para-hydroxylation sites is 2. The quantitative estimate of drug-likeness (QED) is 0.315. The van der Waals surface area contributed by atoms with Crippen molar-refractivity contribution >= 4 is 32.8 Å². The van der Waals surface area contributed by atoms with Gasteiger partial charge in [0.1, 0.15) is 17.0 Å². The van der Waals surface area contributed by atoms with Crippen molar-refractivity contribution in [3.05, 3.63) is 78.1 Å². The fraction of sp³-hybridized carbons (Fsp3) is 0.192. The molecule has 142 valence electrons. The number of hydrogen-bond donors (Lipinski definition) is 0. The molecule has 1 saturated carbocycles. The number of furan rings is 1. The van der Waals surface area contributed by atoms with Gasteiger partial charge in [0.2, 0.25) is 0 Å². The predicted octanol–water partition coefficient (Wildman–Crippen LogP) is 7.60. The molecule has 0 radical (unpaired) electrons. The molecule has 0 spiro atoms. The fourth-order valence-corrected chi connectivity index (χ4v) is 4.89. The second kappa shape index (κ2) is 6.41. The first kappa shape index (κ1) is 16.7. The van der Waals surface area contributed by atoms with Gasteiger partial charge in [0, 0.05) is 27.8 Å². The van der Waals surface area contributed by atoms with Crippen LogP contribution in [-0.4, -0.2) is 4.98 Å². The summed E-state index contributed by atoms with van der Waals surface area (Å²) >= 11 is 0. The van der Waals surface area contributed by atoms with Gasteiger partial charge in [-0.05, 0) is 54.7 Å². The summed E-state index contributed by atoms with van der Waals surface area (Å²) in [7, 11) is 0. The Morgan fingerprint density at radius 2 is 1.66 bits per heavy atom. The van der Waals surface area contributed by atoms with Crippen LogP contribution in [0.2, 0.25) is 0 Å². The number of nitrogens with zero attached hydrogens (tertiary/aromatic N) is 1. The molecular formula is C26H20FNO. The van der Waals surface area contributed by atoms with Gasteiger partial charge in [0.15, 0.2) is 0 Å². The molecule has 3 aromatic carbocycles. The molecule has 0 amide bonds. The Bertz CT molecular complexity index is 1380. The lowest BCUT2D eigenvalue weighted by Crippen LogP contribution is -1.97. The molecule has 29 heavy (non-hydrogen) atoms. The van der Waals surface area contributed by atoms with Crippen LogP contribution in [0, 0.1) is 5.82 Å². The van der Waals surface area contributed by atoms with Gasteiger partial charge in [-0.3, -0.25) is 0 Å². The Kier molecular flexibility index (Phi) is 3.70. The first-order chi connectivity index (χ1) is 14.3. The van der Waals surface area contributed by atoms with Crippen LogP contribution in [0.3, 0.4) is 0 Å². The highest BCUT2D eigenvalue weighted by Crippen LogP contribution is 2.41. The van der Waals surface area contributed by atoms with E-state index in [1.165, 1.54) is 48.8 Å². The molecule has 1 aliphatic rings. The Morgan fingerprint density at radius 3 is 2.55 bits per heavy atom. The van der Waals surface area contributed by atoms with Gasteiger partial charge in [-0.15, -0.1) is 0 Å². The molecule has 1 aliphatic carbocycles. The minimum Gasteiger partial charge on any atom is -0.455 e. The van der Waals surface area contributed by atoms with E-state index in [-0.39, 0.29) is 5.82 Å². The lowest BCUT2D eigenvalue weighted by Gasteiger charge is -2.15. The number of hydrogen-bond acceptors (Lipinski definition) is 2. The smallest absolute Gasteiger partial charge is 0.144 e. The van der Waals surface area contributed by atoms with Crippen molar-refractivity contribution in [1.29, 1.82) is 0 Å². The van der Waals surface area contributed by atoms with Gasteiger partial charge in [0.05, 0.1) is 11.2 Å². The SMILES string of the molecule is Fc1ccc2c(c1)oc1c(-c3cc(C4CCCC4)c4ccccc4n3)cccc12. The topological polar surface area (TPSA) is 26.0 Å². The minimum absolute atomic E-state index is 0.287. The van der Waals surface area contributed by atoms with Crippen molar-refractivity contribution in [2.75, 3.05) is 0 Å². The second-order valence-electron chi connectivity index (χ2n) is 8.02. The van der Waals surface area contributed by atoms with Gasteiger partial charge < -0.3 is 4.42 Å². The van der Waals surface area contributed by atoms with E-state index in [1.807, 2.05) is 18.2 Å². The van der Waals surface area contributed by atoms with Gasteiger partial charge in [-0.1, -0.05) is 43.2 Å². The summed E-state index contributed by atoms with van der Waals surface area (Å²) in [5.74, 6) is 0.302. The zero-order valence-electron chi connectivity index (χ0n) is 16.0. The summed E-state index contributed by atoms with van der Waals surface area (Å²) in [6, 6.07) is 21.5. The maximum absolute atomic E-state index is 13.7. The van der Waals surface area contributed by atoms with E-state index < -0.39 is 0 Å². The molecule has 3 heteroatoms. The van der Waals surface area contributed by atoms with Gasteiger partial charge in [-0.2, -0.15) is 0 Å². The lowest BCUT2D eigenvalue weighted by molar-refractivity contribution is 0.618. The van der Waals surface area contributed by atoms with Crippen LogP contribution >= 0.6 is 0 Å². The van der Waals surface area contributed by atoms with Crippen LogP contribution in [0.1, 0.15) is 37.2 Å². The number of pyridine rings is 1. The zero-order chi connectivity index (χ0) is 19.4. The van der Waals surface area contributed by atoms with Gasteiger partial charge >= 0.3 is 0 Å². The first-order valence-corrected chi connectivity index (χ1v) is 10.3. The molecule has 2 aromatic heterocycles. The summed E-state index contributed by atoms with van der Waals surface area (Å²) < 4.78 is 19.8. The fourth-order valence-electron chi connectivity index (χ4n) is 4.89. The molecule has 0 unspecified atom stereocenters. The second-order valence-corrected chi connectivity index (χ2v) is 8.02. The Balaban J connectivity index is 1.64. The third-order valence-corrected chi connectivity index (χ3v) is 6.28. The summed E-state index contributed by atoms with van der Waals surface area (Å²) in [6.07, 6.45) is 5.06. The van der Waals surface area contributed by atoms with E-state index in [1.54, 1.807) is 6.07 Å². The largest absolute Gasteiger partial charge is 0.455 e. The Hall–Kier alpha value is -3.20. The lowest BCUT2D eigenvalue weighted by atomic mass is 9.92. The van der Waals surface area contributed by atoms with Crippen LogP contribution in [0.5, 0.6) is 0 Å². The van der Waals surface area contributed by atoms with Crippen LogP contribution < -0.4 is 0 Å². The highest BCUT2D eigenvalue weighted by atomic mass is 19.1. The molecule has 2 heterocycles. The molecule has 0 atom stereocenters. The van der Waals surface area contributed by atoms with E-state index in [9.17, 15) is 4.39 Å². The predicted molar refractivity (Wildman–Crippen MR) is 116 cm³/mol. The maximum Gasteiger partial charge on any atom is 0.144 e. The van der Waals surface area contributed by atoms with Crippen molar-refractivity contribution in [2.24, 2.45) is 0 Å². The number of halogens is 1. The van der Waals surface area contributed by atoms with E-state index in [0.717, 1.165) is 33.1 Å². The number of rotatable bonds is 2. The highest BCUT2D eigenvalue weighted by molar-refractivity contribution is 6.09. The molecule has 0 N–H and O–H groups in total. The highest BCUT2D eigenvalue weighted by Gasteiger charge is 2.22. The van der Waals surface area contributed by atoms with Crippen molar-refractivity contribution in [3.8, 4) is 11.3 Å². The van der Waals surface area contributed by atoms with Crippen LogP contribution in [-0.2, 0) is 0 Å². The molecule has 0 bridgehead atoms. The number of fused-ring (bicyclic) bond motifs is 4. The average Bonchev–Trinajstić information content (AvgIpc) is 3.40. The average molecular weight is 381 g/mol. The standard InChI is InChI=1S/C26H20FNO/c27-17-12-13-19-20-9-5-10-21(26(20)29-25(19)14-17)24-15-22(16-6-1-2-7-16)18-8-3-4-11-23(18)28-24/h3-5,8-16H,1-2,6-7H2. The minimum atomic E-state index is -0.287. The van der Waals surface area contributed by atoms with Crippen molar-refractivity contribution in [2.45, 2.75) is 31.6 Å². The molecule has 2 nitrogen and oxygen atoms in total. The monoisotopic (exact) mass is 381 g/mol. The van der Waals surface area contributed by atoms with Gasteiger partial charge in [0.25, 0.3) is 0 Å². The number of aromatic nitrogens is 1. The Labute approximate surface area is 168 Å². The van der Waals surface area contributed by atoms with Gasteiger partial charge in [-0.25, -0.2) is 9.37 Å². The molecule has 0 saturated heterocycles. The van der Waals surface area contributed by atoms with E-state index in [4.69, 9.17) is 9.40 Å². The summed E-state index contributed by atoms with van der Waals surface area (Å²) in [5, 5.41) is 3.18. The summed E-state index contributed by atoms with van der Waals surface area (Å²) in [4.78, 5) is 4.98. The third kappa shape index (κ3) is 2.65. The number of benzene rings is 3. The molecule has 6 rings (SSSR count). The summed E-state index contributed by atoms with van der Waals surface area (Å²) in [6.45, 7) is 0. The molecular weight excluding hydrogens is 361 g/mol. The Morgan fingerprint density at radius 1 is 0.828 bits per heavy atom. The molecule has 5 aromatic rings. The molecule has 0 aliphatic heterocycles. The normalized spacial score (nSPS) is 15.1. The van der Waals surface area contributed by atoms with E-state index >= 15 is 0 Å². The summed E-state index contributed by atoms with van der Waals surface area (Å²) in [5.41, 5.74) is 5.64. The van der Waals surface area contributed by atoms with E-state index in [2.05, 4.69) is 30.3 Å². The van der Waals surface area contributed by atoms with Crippen molar-refractivity contribution in [1.82, 2.24) is 4.98 Å². The van der Waals surface area contributed by atoms with E-state index in [0.29, 0.717) is 11.5 Å². The third-order valence-electron chi connectivity index (χ3n) is 6.28. The maximum atomic E-state index is 13.7. The van der Waals surface area contributed by atoms with Crippen LogP contribution in [0.15, 0.2) is 71.1 Å². The zero-order valence-corrected chi connectivity index (χ0v) is 16.0. The molecule has 1 fully saturated rings. The first-order valence-electron chi connectivity index (χ1n) is 10.3. The van der Waals surface area contributed by atoms with Crippen molar-refractivity contribution < 1.29 is 8.81 Å².